The number of rotatable bonds is 7. The molecule has 2 aromatic rings. The molecule has 0 fully saturated rings. The third-order valence-corrected chi connectivity index (χ3v) is 3.44. The average Bonchev–Trinajstić information content (AvgIpc) is 2.59. The van der Waals surface area contributed by atoms with E-state index in [2.05, 4.69) is 10.4 Å². The van der Waals surface area contributed by atoms with Crippen molar-refractivity contribution in [2.24, 2.45) is 10.9 Å². The Kier molecular flexibility index (Phi) is 6.08. The molecule has 124 valence electrons. The van der Waals surface area contributed by atoms with Gasteiger partial charge in [0, 0.05) is 18.5 Å². The fourth-order valence-corrected chi connectivity index (χ4v) is 2.28. The van der Waals surface area contributed by atoms with Gasteiger partial charge < -0.3 is 16.3 Å². The van der Waals surface area contributed by atoms with Crippen LogP contribution in [0.1, 0.15) is 33.5 Å². The number of carbonyl (C=O) groups excluding carboxylic acids is 1. The predicted octanol–water partition coefficient (Wildman–Crippen LogP) is 1.93. The minimum atomic E-state index is -0.824. The van der Waals surface area contributed by atoms with Crippen LogP contribution in [0, 0.1) is 0 Å². The van der Waals surface area contributed by atoms with Gasteiger partial charge >= 0.3 is 5.97 Å². The highest BCUT2D eigenvalue weighted by atomic mass is 16.4. The normalized spacial score (nSPS) is 10.7. The molecule has 6 heteroatoms. The van der Waals surface area contributed by atoms with Crippen LogP contribution in [-0.4, -0.2) is 23.2 Å². The molecule has 0 heterocycles. The molecule has 0 spiro atoms. The summed E-state index contributed by atoms with van der Waals surface area (Å²) in [6, 6.07) is 14.5. The molecule has 2 aromatic carbocycles. The zero-order valence-corrected chi connectivity index (χ0v) is 13.1. The predicted molar refractivity (Wildman–Crippen MR) is 91.8 cm³/mol. The van der Waals surface area contributed by atoms with Crippen LogP contribution in [0.4, 0.5) is 0 Å². The fourth-order valence-electron chi connectivity index (χ4n) is 2.28. The quantitative estimate of drug-likeness (QED) is 0.411. The van der Waals surface area contributed by atoms with Crippen LogP contribution in [0.2, 0.25) is 0 Å². The molecular formula is C18H19N3O3. The molecule has 0 atom stereocenters. The maximum atomic E-state index is 12.2. The smallest absolute Gasteiger partial charge is 0.303 e. The summed E-state index contributed by atoms with van der Waals surface area (Å²) in [5, 5.41) is 15.0. The van der Waals surface area contributed by atoms with E-state index in [-0.39, 0.29) is 12.3 Å². The molecule has 1 amide bonds. The van der Waals surface area contributed by atoms with Crippen molar-refractivity contribution in [1.82, 2.24) is 5.32 Å². The highest BCUT2D eigenvalue weighted by molar-refractivity contribution is 5.96. The minimum absolute atomic E-state index is 0.0886. The Morgan fingerprint density at radius 2 is 1.88 bits per heavy atom. The van der Waals surface area contributed by atoms with Crippen LogP contribution < -0.4 is 11.2 Å². The van der Waals surface area contributed by atoms with Crippen LogP contribution in [0.3, 0.4) is 0 Å². The molecule has 6 nitrogen and oxygen atoms in total. The summed E-state index contributed by atoms with van der Waals surface area (Å²) < 4.78 is 0. The topological polar surface area (TPSA) is 105 Å². The van der Waals surface area contributed by atoms with Gasteiger partial charge in [0.15, 0.2) is 0 Å². The van der Waals surface area contributed by atoms with E-state index >= 15 is 0 Å². The molecule has 0 unspecified atom stereocenters. The molecule has 0 bridgehead atoms. The van der Waals surface area contributed by atoms with Gasteiger partial charge in [-0.05, 0) is 35.2 Å². The van der Waals surface area contributed by atoms with Gasteiger partial charge in [0.25, 0.3) is 5.91 Å². The number of amides is 1. The number of hydrazone groups is 1. The molecule has 2 rings (SSSR count). The van der Waals surface area contributed by atoms with Gasteiger partial charge in [0.2, 0.25) is 0 Å². The average molecular weight is 325 g/mol. The number of nitrogens with two attached hydrogens (primary N) is 1. The number of aliphatic carboxylic acids is 1. The first-order valence-corrected chi connectivity index (χ1v) is 7.49. The molecular weight excluding hydrogens is 306 g/mol. The van der Waals surface area contributed by atoms with Gasteiger partial charge in [-0.15, -0.1) is 0 Å². The summed E-state index contributed by atoms with van der Waals surface area (Å²) in [7, 11) is 0. The number of carboxylic acids is 1. The second-order valence-corrected chi connectivity index (χ2v) is 5.30. The summed E-state index contributed by atoms with van der Waals surface area (Å²) in [6.07, 6.45) is 2.03. The van der Waals surface area contributed by atoms with Gasteiger partial charge in [-0.1, -0.05) is 36.4 Å². The molecule has 24 heavy (non-hydrogen) atoms. The number of nitrogens with one attached hydrogen (secondary N) is 1. The Morgan fingerprint density at radius 3 is 2.62 bits per heavy atom. The second kappa shape index (κ2) is 8.47. The molecule has 0 aliphatic heterocycles. The molecule has 4 N–H and O–H groups in total. The van der Waals surface area contributed by atoms with Crippen molar-refractivity contribution in [3.63, 3.8) is 0 Å². The van der Waals surface area contributed by atoms with E-state index in [0.717, 1.165) is 16.7 Å². The van der Waals surface area contributed by atoms with Gasteiger partial charge in [0.05, 0.1) is 6.21 Å². The van der Waals surface area contributed by atoms with Crippen molar-refractivity contribution < 1.29 is 14.7 Å². The van der Waals surface area contributed by atoms with Gasteiger partial charge in [-0.2, -0.15) is 5.10 Å². The largest absolute Gasteiger partial charge is 0.481 e. The zero-order chi connectivity index (χ0) is 17.4. The Labute approximate surface area is 140 Å². The lowest BCUT2D eigenvalue weighted by Gasteiger charge is -2.08. The van der Waals surface area contributed by atoms with Crippen molar-refractivity contribution in [2.45, 2.75) is 19.4 Å². The third kappa shape index (κ3) is 5.24. The first kappa shape index (κ1) is 17.2. The highest BCUT2D eigenvalue weighted by Crippen LogP contribution is 2.09. The van der Waals surface area contributed by atoms with Gasteiger partial charge in [0.1, 0.15) is 0 Å². The molecule has 0 aromatic heterocycles. The maximum Gasteiger partial charge on any atom is 0.303 e. The lowest BCUT2D eigenvalue weighted by molar-refractivity contribution is -0.136. The zero-order valence-electron chi connectivity index (χ0n) is 13.1. The van der Waals surface area contributed by atoms with Crippen molar-refractivity contribution in [1.29, 1.82) is 0 Å². The number of nitrogens with zero attached hydrogens (tertiary/aromatic N) is 1. The van der Waals surface area contributed by atoms with Crippen molar-refractivity contribution in [3.05, 3.63) is 70.8 Å². The van der Waals surface area contributed by atoms with Crippen LogP contribution in [0.5, 0.6) is 0 Å². The van der Waals surface area contributed by atoms with E-state index in [9.17, 15) is 9.59 Å². The van der Waals surface area contributed by atoms with Gasteiger partial charge in [-0.25, -0.2) is 0 Å². The Hall–Kier alpha value is -3.15. The molecule has 0 saturated carbocycles. The van der Waals surface area contributed by atoms with Crippen molar-refractivity contribution in [2.75, 3.05) is 0 Å². The van der Waals surface area contributed by atoms with Crippen LogP contribution in [-0.2, 0) is 17.8 Å². The van der Waals surface area contributed by atoms with E-state index in [4.69, 9.17) is 10.9 Å². The summed E-state index contributed by atoms with van der Waals surface area (Å²) >= 11 is 0. The lowest BCUT2D eigenvalue weighted by Crippen LogP contribution is -2.22. The Morgan fingerprint density at radius 1 is 1.12 bits per heavy atom. The first-order valence-electron chi connectivity index (χ1n) is 7.49. The SMILES string of the molecule is NN=Cc1cccc(C(=O)NCc2cccc(CCC(=O)O)c2)c1. The second-order valence-electron chi connectivity index (χ2n) is 5.30. The summed E-state index contributed by atoms with van der Waals surface area (Å²) in [6.45, 7) is 0.370. The number of hydrogen-bond acceptors (Lipinski definition) is 4. The number of aryl methyl sites for hydroxylation is 1. The fraction of sp³-hybridized carbons (Fsp3) is 0.167. The molecule has 0 aliphatic carbocycles. The van der Waals surface area contributed by atoms with E-state index in [1.54, 1.807) is 24.3 Å². The summed E-state index contributed by atoms with van der Waals surface area (Å²) in [4.78, 5) is 22.8. The number of benzene rings is 2. The summed E-state index contributed by atoms with van der Waals surface area (Å²) in [5.74, 6) is 4.09. The molecule has 0 radical (unpaired) electrons. The van der Waals surface area contributed by atoms with E-state index in [1.165, 1.54) is 6.21 Å². The monoisotopic (exact) mass is 325 g/mol. The minimum Gasteiger partial charge on any atom is -0.481 e. The maximum absolute atomic E-state index is 12.2. The highest BCUT2D eigenvalue weighted by Gasteiger charge is 2.06. The number of carbonyl (C=O) groups is 2. The lowest BCUT2D eigenvalue weighted by atomic mass is 10.1. The van der Waals surface area contributed by atoms with Crippen LogP contribution >= 0.6 is 0 Å². The van der Waals surface area contributed by atoms with Crippen molar-refractivity contribution >= 4 is 18.1 Å². The van der Waals surface area contributed by atoms with Crippen LogP contribution in [0.15, 0.2) is 53.6 Å². The summed E-state index contributed by atoms with van der Waals surface area (Å²) in [5.41, 5.74) is 3.13. The van der Waals surface area contributed by atoms with Crippen LogP contribution in [0.25, 0.3) is 0 Å². The van der Waals surface area contributed by atoms with E-state index in [0.29, 0.717) is 18.5 Å². The third-order valence-electron chi connectivity index (χ3n) is 3.44. The number of hydrogen-bond donors (Lipinski definition) is 3. The Bertz CT molecular complexity index is 757. The standard InChI is InChI=1S/C18H19N3O3/c19-21-12-15-5-2-6-16(10-15)18(24)20-11-14-4-1-3-13(9-14)7-8-17(22)23/h1-6,9-10,12H,7-8,11,19H2,(H,20,24)(H,22,23). The van der Waals surface area contributed by atoms with E-state index < -0.39 is 5.97 Å². The van der Waals surface area contributed by atoms with E-state index in [1.807, 2.05) is 24.3 Å². The molecule has 0 aliphatic rings. The first-order chi connectivity index (χ1) is 11.6. The Balaban J connectivity index is 1.97. The molecule has 0 saturated heterocycles. The van der Waals surface area contributed by atoms with Crippen molar-refractivity contribution in [3.8, 4) is 0 Å². The number of carboxylic acid groups (broad SMARTS) is 1. The van der Waals surface area contributed by atoms with Gasteiger partial charge in [-0.3, -0.25) is 9.59 Å².